The summed E-state index contributed by atoms with van der Waals surface area (Å²) in [7, 11) is 0. The summed E-state index contributed by atoms with van der Waals surface area (Å²) < 4.78 is 18.4. The normalized spacial score (nSPS) is 22.3. The number of halogens is 1. The van der Waals surface area contributed by atoms with Gasteiger partial charge in [0.05, 0.1) is 12.6 Å². The van der Waals surface area contributed by atoms with Crippen molar-refractivity contribution in [2.45, 2.75) is 44.8 Å². The molecule has 0 spiro atoms. The minimum absolute atomic E-state index is 0.0610. The molecule has 0 aromatic carbocycles. The van der Waals surface area contributed by atoms with Crippen LogP contribution in [0, 0.1) is 0 Å². The number of hydrogen-bond donors (Lipinski definition) is 2. The van der Waals surface area contributed by atoms with Crippen LogP contribution in [-0.4, -0.2) is 40.9 Å². The lowest BCUT2D eigenvalue weighted by molar-refractivity contribution is 0.0519. The number of aromatic amines is 1. The van der Waals surface area contributed by atoms with Crippen molar-refractivity contribution < 1.29 is 18.7 Å². The molecule has 7 heteroatoms. The Labute approximate surface area is 116 Å². The summed E-state index contributed by atoms with van der Waals surface area (Å²) in [4.78, 5) is 23.4. The second-order valence-electron chi connectivity index (χ2n) is 4.77. The highest BCUT2D eigenvalue weighted by Crippen LogP contribution is 2.21. The second kappa shape index (κ2) is 6.49. The van der Waals surface area contributed by atoms with E-state index in [-0.39, 0.29) is 18.0 Å². The number of hydrogen-bond acceptors (Lipinski definition) is 4. The first-order valence-corrected chi connectivity index (χ1v) is 6.79. The van der Waals surface area contributed by atoms with Crippen LogP contribution in [0.2, 0.25) is 0 Å². The molecule has 0 radical (unpaired) electrons. The molecule has 0 saturated heterocycles. The molecule has 2 atom stereocenters. The Morgan fingerprint density at radius 3 is 2.95 bits per heavy atom. The monoisotopic (exact) mass is 283 g/mol. The highest BCUT2D eigenvalue weighted by molar-refractivity contribution is 5.95. The SMILES string of the molecule is CCOC(=O)c1cc(C(=O)N[C@@H]2CCCC[C@@H]2F)n[nH]1. The molecule has 1 aliphatic rings. The van der Waals surface area contributed by atoms with Gasteiger partial charge in [-0.2, -0.15) is 5.10 Å². The maximum absolute atomic E-state index is 13.6. The number of H-pyrrole nitrogens is 1. The van der Waals surface area contributed by atoms with Crippen LogP contribution in [0.15, 0.2) is 6.07 Å². The molecule has 1 heterocycles. The molecule has 0 aliphatic heterocycles. The number of rotatable bonds is 4. The van der Waals surface area contributed by atoms with E-state index in [9.17, 15) is 14.0 Å². The maximum atomic E-state index is 13.6. The van der Waals surface area contributed by atoms with Crippen molar-refractivity contribution >= 4 is 11.9 Å². The van der Waals surface area contributed by atoms with Gasteiger partial charge in [-0.3, -0.25) is 9.89 Å². The van der Waals surface area contributed by atoms with E-state index in [1.165, 1.54) is 6.07 Å². The predicted molar refractivity (Wildman–Crippen MR) is 69.2 cm³/mol. The Bertz CT molecular complexity index is 489. The van der Waals surface area contributed by atoms with Crippen LogP contribution in [0.1, 0.15) is 53.6 Å². The van der Waals surface area contributed by atoms with Gasteiger partial charge in [-0.1, -0.05) is 12.8 Å². The second-order valence-corrected chi connectivity index (χ2v) is 4.77. The van der Waals surface area contributed by atoms with E-state index in [0.29, 0.717) is 12.8 Å². The van der Waals surface area contributed by atoms with Crippen molar-refractivity contribution in [3.05, 3.63) is 17.5 Å². The number of carbonyl (C=O) groups excluding carboxylic acids is 2. The lowest BCUT2D eigenvalue weighted by Gasteiger charge is -2.26. The number of ether oxygens (including phenoxy) is 1. The first-order valence-electron chi connectivity index (χ1n) is 6.79. The molecule has 2 rings (SSSR count). The standard InChI is InChI=1S/C13H18FN3O3/c1-2-20-13(19)11-7-10(16-17-11)12(18)15-9-6-4-3-5-8(9)14/h7-9H,2-6H2,1H3,(H,15,18)(H,16,17)/t8-,9+/m0/s1. The molecule has 1 saturated carbocycles. The number of aromatic nitrogens is 2. The Balaban J connectivity index is 1.97. The molecule has 1 aliphatic carbocycles. The average molecular weight is 283 g/mol. The van der Waals surface area contributed by atoms with Crippen molar-refractivity contribution in [2.24, 2.45) is 0 Å². The highest BCUT2D eigenvalue weighted by Gasteiger charge is 2.27. The molecule has 20 heavy (non-hydrogen) atoms. The fourth-order valence-corrected chi connectivity index (χ4v) is 2.24. The third kappa shape index (κ3) is 3.34. The number of nitrogens with zero attached hydrogens (tertiary/aromatic N) is 1. The summed E-state index contributed by atoms with van der Waals surface area (Å²) in [5.74, 6) is -1.05. The maximum Gasteiger partial charge on any atom is 0.356 e. The van der Waals surface area contributed by atoms with Gasteiger partial charge in [-0.25, -0.2) is 9.18 Å². The van der Waals surface area contributed by atoms with Crippen LogP contribution >= 0.6 is 0 Å². The summed E-state index contributed by atoms with van der Waals surface area (Å²) in [5, 5.41) is 8.81. The van der Waals surface area contributed by atoms with Gasteiger partial charge in [-0.05, 0) is 19.8 Å². The number of nitrogens with one attached hydrogen (secondary N) is 2. The minimum Gasteiger partial charge on any atom is -0.461 e. The average Bonchev–Trinajstić information content (AvgIpc) is 2.91. The number of alkyl halides is 1. The molecule has 110 valence electrons. The van der Waals surface area contributed by atoms with E-state index in [1.54, 1.807) is 6.92 Å². The zero-order valence-electron chi connectivity index (χ0n) is 11.3. The number of amides is 1. The lowest BCUT2D eigenvalue weighted by Crippen LogP contribution is -2.43. The third-order valence-corrected chi connectivity index (χ3v) is 3.30. The van der Waals surface area contributed by atoms with E-state index < -0.39 is 24.1 Å². The van der Waals surface area contributed by atoms with Crippen molar-refractivity contribution in [3.8, 4) is 0 Å². The molecule has 0 unspecified atom stereocenters. The van der Waals surface area contributed by atoms with Crippen LogP contribution in [-0.2, 0) is 4.74 Å². The van der Waals surface area contributed by atoms with Gasteiger partial charge in [0.25, 0.3) is 5.91 Å². The molecule has 1 fully saturated rings. The fraction of sp³-hybridized carbons (Fsp3) is 0.615. The smallest absolute Gasteiger partial charge is 0.356 e. The fourth-order valence-electron chi connectivity index (χ4n) is 2.24. The van der Waals surface area contributed by atoms with Crippen molar-refractivity contribution in [1.29, 1.82) is 0 Å². The van der Waals surface area contributed by atoms with Crippen LogP contribution in [0.25, 0.3) is 0 Å². The Morgan fingerprint density at radius 1 is 1.50 bits per heavy atom. The van der Waals surface area contributed by atoms with E-state index in [2.05, 4.69) is 15.5 Å². The van der Waals surface area contributed by atoms with Gasteiger partial charge in [0.1, 0.15) is 11.9 Å². The van der Waals surface area contributed by atoms with Gasteiger partial charge in [0.2, 0.25) is 0 Å². The molecule has 0 bridgehead atoms. The zero-order chi connectivity index (χ0) is 14.5. The molecule has 1 aromatic rings. The quantitative estimate of drug-likeness (QED) is 0.822. The Morgan fingerprint density at radius 2 is 2.25 bits per heavy atom. The van der Waals surface area contributed by atoms with Gasteiger partial charge in [0.15, 0.2) is 5.69 Å². The first-order chi connectivity index (χ1) is 9.61. The van der Waals surface area contributed by atoms with Gasteiger partial charge in [0, 0.05) is 6.07 Å². The van der Waals surface area contributed by atoms with Crippen LogP contribution < -0.4 is 5.32 Å². The molecule has 6 nitrogen and oxygen atoms in total. The van der Waals surface area contributed by atoms with Crippen molar-refractivity contribution in [1.82, 2.24) is 15.5 Å². The Hall–Kier alpha value is -1.92. The summed E-state index contributed by atoms with van der Waals surface area (Å²) in [6.45, 7) is 1.93. The Kier molecular flexibility index (Phi) is 4.70. The van der Waals surface area contributed by atoms with E-state index in [1.807, 2.05) is 0 Å². The lowest BCUT2D eigenvalue weighted by atomic mass is 9.93. The van der Waals surface area contributed by atoms with Crippen LogP contribution in [0.4, 0.5) is 4.39 Å². The number of carbonyl (C=O) groups is 2. The summed E-state index contributed by atoms with van der Waals surface area (Å²) >= 11 is 0. The zero-order valence-corrected chi connectivity index (χ0v) is 11.3. The van der Waals surface area contributed by atoms with Gasteiger partial charge in [-0.15, -0.1) is 0 Å². The number of esters is 1. The molecule has 1 amide bonds. The van der Waals surface area contributed by atoms with Crippen LogP contribution in [0.3, 0.4) is 0 Å². The molecular weight excluding hydrogens is 265 g/mol. The third-order valence-electron chi connectivity index (χ3n) is 3.30. The summed E-state index contributed by atoms with van der Waals surface area (Å²) in [6.07, 6.45) is 1.83. The first kappa shape index (κ1) is 14.5. The molecular formula is C13H18FN3O3. The largest absolute Gasteiger partial charge is 0.461 e. The van der Waals surface area contributed by atoms with Gasteiger partial charge >= 0.3 is 5.97 Å². The topological polar surface area (TPSA) is 84.1 Å². The summed E-state index contributed by atoms with van der Waals surface area (Å²) in [5.41, 5.74) is 0.170. The van der Waals surface area contributed by atoms with Crippen molar-refractivity contribution in [3.63, 3.8) is 0 Å². The van der Waals surface area contributed by atoms with E-state index in [4.69, 9.17) is 4.74 Å². The molecule has 2 N–H and O–H groups in total. The van der Waals surface area contributed by atoms with Crippen molar-refractivity contribution in [2.75, 3.05) is 6.61 Å². The van der Waals surface area contributed by atoms with E-state index >= 15 is 0 Å². The van der Waals surface area contributed by atoms with Gasteiger partial charge < -0.3 is 10.1 Å². The minimum atomic E-state index is -1.02. The summed E-state index contributed by atoms with van der Waals surface area (Å²) in [6, 6.07) is 0.836. The predicted octanol–water partition coefficient (Wildman–Crippen LogP) is 1.60. The van der Waals surface area contributed by atoms with Crippen LogP contribution in [0.5, 0.6) is 0 Å². The molecule has 1 aromatic heterocycles. The van der Waals surface area contributed by atoms with E-state index in [0.717, 1.165) is 12.8 Å². The highest BCUT2D eigenvalue weighted by atomic mass is 19.1.